The molecule has 1 aliphatic rings. The Kier molecular flexibility index (Phi) is 8.27. The molecule has 2 amide bonds. The number of hydrogen-bond donors (Lipinski definition) is 3. The van der Waals surface area contributed by atoms with E-state index in [0.717, 1.165) is 4.47 Å². The molecule has 10 heteroatoms. The summed E-state index contributed by atoms with van der Waals surface area (Å²) in [6.45, 7) is 3.61. The second-order valence-electron chi connectivity index (χ2n) is 7.44. The maximum absolute atomic E-state index is 12.6. The van der Waals surface area contributed by atoms with Crippen molar-refractivity contribution in [3.05, 3.63) is 58.1 Å². The summed E-state index contributed by atoms with van der Waals surface area (Å²) in [5.41, 5.74) is 2.06. The standard InChI is InChI=1S/C22H26BrN3O5S/c1-2-31-10-4-9-24-21(27)16-7-8-18-19(12-16)26-22(28)20(25-18)14-32(29,30)13-15-5-3-6-17(23)11-15/h3,5-8,11-12,20,25H,2,4,9-10,13-14H2,1H3,(H,24,27)(H,26,28)/t20-/m0/s1. The first-order valence-electron chi connectivity index (χ1n) is 10.3. The summed E-state index contributed by atoms with van der Waals surface area (Å²) < 4.78 is 31.3. The molecule has 0 aliphatic carbocycles. The van der Waals surface area contributed by atoms with Gasteiger partial charge in [0.15, 0.2) is 9.84 Å². The SMILES string of the molecule is CCOCCCNC(=O)c1ccc2c(c1)NC(=O)[C@H](CS(=O)(=O)Cc1cccc(Br)c1)N2. The highest BCUT2D eigenvalue weighted by Gasteiger charge is 2.30. The van der Waals surface area contributed by atoms with Crippen molar-refractivity contribution in [1.29, 1.82) is 0 Å². The lowest BCUT2D eigenvalue weighted by Gasteiger charge is -2.27. The fraction of sp³-hybridized carbons (Fsp3) is 0.364. The minimum Gasteiger partial charge on any atom is -0.382 e. The molecular formula is C22H26BrN3O5S. The van der Waals surface area contributed by atoms with E-state index in [1.807, 2.05) is 13.0 Å². The van der Waals surface area contributed by atoms with Crippen molar-refractivity contribution >= 4 is 49.0 Å². The van der Waals surface area contributed by atoms with Crippen LogP contribution in [0.25, 0.3) is 0 Å². The molecule has 8 nitrogen and oxygen atoms in total. The van der Waals surface area contributed by atoms with E-state index < -0.39 is 21.8 Å². The molecule has 2 aromatic carbocycles. The molecule has 32 heavy (non-hydrogen) atoms. The molecule has 0 unspecified atom stereocenters. The normalized spacial score (nSPS) is 15.4. The maximum atomic E-state index is 12.6. The molecule has 2 aromatic rings. The quantitative estimate of drug-likeness (QED) is 0.412. The monoisotopic (exact) mass is 523 g/mol. The Bertz CT molecular complexity index is 1090. The van der Waals surface area contributed by atoms with Crippen LogP contribution in [0.2, 0.25) is 0 Å². The van der Waals surface area contributed by atoms with Crippen LogP contribution in [0.3, 0.4) is 0 Å². The molecule has 0 spiro atoms. The summed E-state index contributed by atoms with van der Waals surface area (Å²) in [7, 11) is -3.54. The van der Waals surface area contributed by atoms with Gasteiger partial charge in [0, 0.05) is 29.8 Å². The molecule has 1 atom stereocenters. The third kappa shape index (κ3) is 6.78. The van der Waals surface area contributed by atoms with Crippen molar-refractivity contribution in [3.8, 4) is 0 Å². The number of nitrogens with one attached hydrogen (secondary N) is 3. The number of amides is 2. The Labute approximate surface area is 196 Å². The molecule has 1 heterocycles. The molecule has 3 rings (SSSR count). The van der Waals surface area contributed by atoms with Crippen LogP contribution in [-0.2, 0) is 25.1 Å². The molecule has 0 fully saturated rings. The molecule has 1 aliphatic heterocycles. The highest BCUT2D eigenvalue weighted by molar-refractivity contribution is 9.10. The number of carbonyl (C=O) groups is 2. The van der Waals surface area contributed by atoms with Crippen LogP contribution >= 0.6 is 15.9 Å². The maximum Gasteiger partial charge on any atom is 0.251 e. The molecule has 0 saturated heterocycles. The van der Waals surface area contributed by atoms with Gasteiger partial charge in [-0.15, -0.1) is 0 Å². The number of sulfone groups is 1. The van der Waals surface area contributed by atoms with E-state index in [4.69, 9.17) is 4.74 Å². The van der Waals surface area contributed by atoms with Crippen molar-refractivity contribution in [3.63, 3.8) is 0 Å². The van der Waals surface area contributed by atoms with E-state index in [9.17, 15) is 18.0 Å². The number of anilines is 2. The van der Waals surface area contributed by atoms with E-state index in [1.165, 1.54) is 0 Å². The van der Waals surface area contributed by atoms with Gasteiger partial charge in [0.05, 0.1) is 22.9 Å². The zero-order chi connectivity index (χ0) is 23.1. The van der Waals surface area contributed by atoms with Gasteiger partial charge in [-0.2, -0.15) is 0 Å². The van der Waals surface area contributed by atoms with Crippen LogP contribution in [0.1, 0.15) is 29.3 Å². The summed E-state index contributed by atoms with van der Waals surface area (Å²) in [6.07, 6.45) is 0.707. The fourth-order valence-electron chi connectivity index (χ4n) is 3.32. The zero-order valence-electron chi connectivity index (χ0n) is 17.7. The Balaban J connectivity index is 1.61. The number of rotatable bonds is 10. The number of halogens is 1. The van der Waals surface area contributed by atoms with Crippen LogP contribution in [-0.4, -0.2) is 51.8 Å². The van der Waals surface area contributed by atoms with Crippen molar-refractivity contribution < 1.29 is 22.7 Å². The van der Waals surface area contributed by atoms with Gasteiger partial charge in [-0.3, -0.25) is 9.59 Å². The van der Waals surface area contributed by atoms with Gasteiger partial charge < -0.3 is 20.7 Å². The zero-order valence-corrected chi connectivity index (χ0v) is 20.1. The van der Waals surface area contributed by atoms with Crippen molar-refractivity contribution in [1.82, 2.24) is 5.32 Å². The predicted octanol–water partition coefficient (Wildman–Crippen LogP) is 2.95. The number of hydrogen-bond acceptors (Lipinski definition) is 6. The van der Waals surface area contributed by atoms with E-state index >= 15 is 0 Å². The van der Waals surface area contributed by atoms with Crippen molar-refractivity contribution in [2.45, 2.75) is 25.1 Å². The van der Waals surface area contributed by atoms with Crippen LogP contribution in [0, 0.1) is 0 Å². The third-order valence-electron chi connectivity index (χ3n) is 4.84. The minimum atomic E-state index is -3.54. The van der Waals surface area contributed by atoms with Gasteiger partial charge in [0.2, 0.25) is 5.91 Å². The Hall–Kier alpha value is -2.43. The van der Waals surface area contributed by atoms with Gasteiger partial charge in [-0.05, 0) is 49.2 Å². The molecule has 0 saturated carbocycles. The van der Waals surface area contributed by atoms with E-state index in [1.54, 1.807) is 36.4 Å². The first kappa shape index (κ1) is 24.2. The smallest absolute Gasteiger partial charge is 0.251 e. The number of ether oxygens (including phenoxy) is 1. The second-order valence-corrected chi connectivity index (χ2v) is 10.5. The van der Waals surface area contributed by atoms with Crippen molar-refractivity contribution in [2.24, 2.45) is 0 Å². The fourth-order valence-corrected chi connectivity index (χ4v) is 5.32. The molecule has 0 radical (unpaired) electrons. The topological polar surface area (TPSA) is 114 Å². The van der Waals surface area contributed by atoms with Crippen LogP contribution in [0.15, 0.2) is 46.9 Å². The summed E-state index contributed by atoms with van der Waals surface area (Å²) in [6, 6.07) is 11.0. The van der Waals surface area contributed by atoms with E-state index in [2.05, 4.69) is 31.9 Å². The lowest BCUT2D eigenvalue weighted by molar-refractivity contribution is -0.116. The average Bonchev–Trinajstić information content (AvgIpc) is 2.73. The molecule has 0 bridgehead atoms. The highest BCUT2D eigenvalue weighted by atomic mass is 79.9. The lowest BCUT2D eigenvalue weighted by Crippen LogP contribution is -2.43. The van der Waals surface area contributed by atoms with Gasteiger partial charge in [0.1, 0.15) is 6.04 Å². The molecule has 0 aromatic heterocycles. The molecule has 3 N–H and O–H groups in total. The summed E-state index contributed by atoms with van der Waals surface area (Å²) in [4.78, 5) is 24.9. The lowest BCUT2D eigenvalue weighted by atomic mass is 10.1. The van der Waals surface area contributed by atoms with E-state index in [0.29, 0.717) is 48.7 Å². The number of fused-ring (bicyclic) bond motifs is 1. The Morgan fingerprint density at radius 3 is 2.75 bits per heavy atom. The van der Waals surface area contributed by atoms with Crippen molar-refractivity contribution in [2.75, 3.05) is 36.1 Å². The first-order valence-corrected chi connectivity index (χ1v) is 12.9. The summed E-state index contributed by atoms with van der Waals surface area (Å²) in [5.74, 6) is -1.21. The second kappa shape index (κ2) is 10.9. The molecular weight excluding hydrogens is 498 g/mol. The van der Waals surface area contributed by atoms with Crippen LogP contribution in [0.4, 0.5) is 11.4 Å². The van der Waals surface area contributed by atoms with Crippen LogP contribution in [0.5, 0.6) is 0 Å². The van der Waals surface area contributed by atoms with E-state index in [-0.39, 0.29) is 17.4 Å². The third-order valence-corrected chi connectivity index (χ3v) is 6.94. The highest BCUT2D eigenvalue weighted by Crippen LogP contribution is 2.28. The van der Waals surface area contributed by atoms with Crippen LogP contribution < -0.4 is 16.0 Å². The predicted molar refractivity (Wildman–Crippen MR) is 128 cm³/mol. The van der Waals surface area contributed by atoms with Gasteiger partial charge in [-0.1, -0.05) is 28.1 Å². The Morgan fingerprint density at radius 2 is 2.00 bits per heavy atom. The first-order chi connectivity index (χ1) is 15.3. The minimum absolute atomic E-state index is 0.160. The summed E-state index contributed by atoms with van der Waals surface area (Å²) in [5, 5.41) is 8.50. The largest absolute Gasteiger partial charge is 0.382 e. The summed E-state index contributed by atoms with van der Waals surface area (Å²) >= 11 is 3.33. The average molecular weight is 524 g/mol. The number of carbonyl (C=O) groups excluding carboxylic acids is 2. The van der Waals surface area contributed by atoms with Gasteiger partial charge in [0.25, 0.3) is 5.91 Å². The molecule has 172 valence electrons. The number of benzene rings is 2. The Morgan fingerprint density at radius 1 is 1.19 bits per heavy atom. The van der Waals surface area contributed by atoms with Gasteiger partial charge >= 0.3 is 0 Å². The van der Waals surface area contributed by atoms with Gasteiger partial charge in [-0.25, -0.2) is 8.42 Å².